The predicted octanol–water partition coefficient (Wildman–Crippen LogP) is 2.98. The van der Waals surface area contributed by atoms with Crippen molar-refractivity contribution in [2.75, 3.05) is 13.1 Å². The third-order valence-electron chi connectivity index (χ3n) is 2.93. The van der Waals surface area contributed by atoms with Crippen molar-refractivity contribution in [1.29, 1.82) is 0 Å². The zero-order chi connectivity index (χ0) is 11.0. The molecule has 2 nitrogen and oxygen atoms in total. The fourth-order valence-electron chi connectivity index (χ4n) is 2.12. The standard InChI is InChI=1S/C13H14N2S/c1-9-15-12-3-2-11(8-13(12)16-9)10-4-6-14-7-5-10/h2-4,8,14H,5-7H2,1H3. The molecule has 16 heavy (non-hydrogen) atoms. The Labute approximate surface area is 99.0 Å². The van der Waals surface area contributed by atoms with Gasteiger partial charge in [-0.1, -0.05) is 12.1 Å². The van der Waals surface area contributed by atoms with Crippen molar-refractivity contribution < 1.29 is 0 Å². The monoisotopic (exact) mass is 230 g/mol. The molecule has 3 heteroatoms. The first-order valence-electron chi connectivity index (χ1n) is 5.60. The highest BCUT2D eigenvalue weighted by molar-refractivity contribution is 7.18. The summed E-state index contributed by atoms with van der Waals surface area (Å²) in [5.41, 5.74) is 3.95. The summed E-state index contributed by atoms with van der Waals surface area (Å²) in [4.78, 5) is 4.49. The molecule has 0 amide bonds. The number of hydrogen-bond acceptors (Lipinski definition) is 3. The molecular formula is C13H14N2S. The number of aryl methyl sites for hydroxylation is 1. The molecule has 0 aliphatic carbocycles. The lowest BCUT2D eigenvalue weighted by atomic mass is 10.0. The Morgan fingerprint density at radius 2 is 2.31 bits per heavy atom. The van der Waals surface area contributed by atoms with Crippen LogP contribution in [0.5, 0.6) is 0 Å². The van der Waals surface area contributed by atoms with Crippen molar-refractivity contribution in [3.8, 4) is 0 Å². The van der Waals surface area contributed by atoms with E-state index in [2.05, 4.69) is 41.5 Å². The van der Waals surface area contributed by atoms with E-state index in [4.69, 9.17) is 0 Å². The topological polar surface area (TPSA) is 24.9 Å². The summed E-state index contributed by atoms with van der Waals surface area (Å²) < 4.78 is 1.30. The van der Waals surface area contributed by atoms with E-state index in [1.807, 2.05) is 0 Å². The van der Waals surface area contributed by atoms with Crippen molar-refractivity contribution in [3.05, 3.63) is 34.8 Å². The summed E-state index contributed by atoms with van der Waals surface area (Å²) in [7, 11) is 0. The van der Waals surface area contributed by atoms with Gasteiger partial charge in [0.25, 0.3) is 0 Å². The van der Waals surface area contributed by atoms with Gasteiger partial charge in [0.05, 0.1) is 15.2 Å². The van der Waals surface area contributed by atoms with Gasteiger partial charge in [0, 0.05) is 6.54 Å². The Morgan fingerprint density at radius 3 is 3.12 bits per heavy atom. The summed E-state index contributed by atoms with van der Waals surface area (Å²) >= 11 is 1.78. The minimum absolute atomic E-state index is 0.995. The molecule has 1 aliphatic heterocycles. The molecule has 1 aliphatic rings. The second kappa shape index (κ2) is 4.00. The van der Waals surface area contributed by atoms with Crippen LogP contribution in [0.2, 0.25) is 0 Å². The number of nitrogens with zero attached hydrogens (tertiary/aromatic N) is 1. The fraction of sp³-hybridized carbons (Fsp3) is 0.308. The summed E-state index contributed by atoms with van der Waals surface area (Å²) in [5.74, 6) is 0. The van der Waals surface area contributed by atoms with E-state index in [1.54, 1.807) is 11.3 Å². The van der Waals surface area contributed by atoms with Crippen LogP contribution < -0.4 is 5.32 Å². The number of thiazole rings is 1. The Kier molecular flexibility index (Phi) is 2.50. The van der Waals surface area contributed by atoms with Gasteiger partial charge in [-0.3, -0.25) is 0 Å². The predicted molar refractivity (Wildman–Crippen MR) is 69.8 cm³/mol. The molecular weight excluding hydrogens is 216 g/mol. The van der Waals surface area contributed by atoms with Gasteiger partial charge in [-0.15, -0.1) is 11.3 Å². The number of aromatic nitrogens is 1. The zero-order valence-corrected chi connectivity index (χ0v) is 10.1. The van der Waals surface area contributed by atoms with Crippen LogP contribution in [0.1, 0.15) is 17.0 Å². The van der Waals surface area contributed by atoms with Gasteiger partial charge in [-0.25, -0.2) is 4.98 Å². The Bertz CT molecular complexity index is 554. The average molecular weight is 230 g/mol. The number of hydrogen-bond donors (Lipinski definition) is 1. The highest BCUT2D eigenvalue weighted by Gasteiger charge is 2.07. The van der Waals surface area contributed by atoms with E-state index in [1.165, 1.54) is 15.8 Å². The van der Waals surface area contributed by atoms with E-state index >= 15 is 0 Å². The first-order chi connectivity index (χ1) is 7.83. The molecule has 0 bridgehead atoms. The SMILES string of the molecule is Cc1nc2ccc(C3=CCNCC3)cc2s1. The van der Waals surface area contributed by atoms with Crippen molar-refractivity contribution in [3.63, 3.8) is 0 Å². The van der Waals surface area contributed by atoms with Crippen LogP contribution in [-0.4, -0.2) is 18.1 Å². The minimum Gasteiger partial charge on any atom is -0.313 e. The molecule has 0 saturated carbocycles. The molecule has 1 N–H and O–H groups in total. The molecule has 0 unspecified atom stereocenters. The van der Waals surface area contributed by atoms with Crippen LogP contribution in [0.15, 0.2) is 24.3 Å². The first-order valence-corrected chi connectivity index (χ1v) is 6.42. The highest BCUT2D eigenvalue weighted by atomic mass is 32.1. The van der Waals surface area contributed by atoms with Crippen LogP contribution in [0, 0.1) is 6.92 Å². The van der Waals surface area contributed by atoms with E-state index in [0.29, 0.717) is 0 Å². The zero-order valence-electron chi connectivity index (χ0n) is 9.29. The molecule has 1 aromatic heterocycles. The second-order valence-corrected chi connectivity index (χ2v) is 5.33. The molecule has 2 heterocycles. The van der Waals surface area contributed by atoms with Gasteiger partial charge in [0.2, 0.25) is 0 Å². The lowest BCUT2D eigenvalue weighted by molar-refractivity contribution is 0.739. The molecule has 2 aromatic rings. The van der Waals surface area contributed by atoms with Gasteiger partial charge < -0.3 is 5.32 Å². The van der Waals surface area contributed by atoms with Gasteiger partial charge in [0.15, 0.2) is 0 Å². The highest BCUT2D eigenvalue weighted by Crippen LogP contribution is 2.27. The number of benzene rings is 1. The normalized spacial score (nSPS) is 16.4. The van der Waals surface area contributed by atoms with E-state index in [9.17, 15) is 0 Å². The van der Waals surface area contributed by atoms with Gasteiger partial charge in [-0.2, -0.15) is 0 Å². The summed E-state index contributed by atoms with van der Waals surface area (Å²) in [6.45, 7) is 4.15. The van der Waals surface area contributed by atoms with Crippen LogP contribution >= 0.6 is 11.3 Å². The van der Waals surface area contributed by atoms with Gasteiger partial charge in [0.1, 0.15) is 0 Å². The summed E-state index contributed by atoms with van der Waals surface area (Å²) in [6, 6.07) is 6.60. The van der Waals surface area contributed by atoms with Crippen LogP contribution in [0.3, 0.4) is 0 Å². The molecule has 82 valence electrons. The maximum Gasteiger partial charge on any atom is 0.0907 e. The summed E-state index contributed by atoms with van der Waals surface area (Å²) in [6.07, 6.45) is 3.42. The Morgan fingerprint density at radius 1 is 1.38 bits per heavy atom. The van der Waals surface area contributed by atoms with Crippen molar-refractivity contribution in [2.45, 2.75) is 13.3 Å². The first kappa shape index (κ1) is 10.00. The number of rotatable bonds is 1. The van der Waals surface area contributed by atoms with Crippen LogP contribution in [-0.2, 0) is 0 Å². The van der Waals surface area contributed by atoms with Gasteiger partial charge >= 0.3 is 0 Å². The lowest BCUT2D eigenvalue weighted by Crippen LogP contribution is -2.19. The average Bonchev–Trinajstić information content (AvgIpc) is 2.69. The molecule has 0 saturated heterocycles. The van der Waals surface area contributed by atoms with Crippen LogP contribution in [0.25, 0.3) is 15.8 Å². The van der Waals surface area contributed by atoms with Crippen molar-refractivity contribution in [2.24, 2.45) is 0 Å². The smallest absolute Gasteiger partial charge is 0.0907 e. The van der Waals surface area contributed by atoms with E-state index in [-0.39, 0.29) is 0 Å². The molecule has 0 atom stereocenters. The maximum absolute atomic E-state index is 4.49. The third kappa shape index (κ3) is 1.77. The Balaban J connectivity index is 2.07. The largest absolute Gasteiger partial charge is 0.313 e. The second-order valence-electron chi connectivity index (χ2n) is 4.10. The third-order valence-corrected chi connectivity index (χ3v) is 3.86. The number of nitrogens with one attached hydrogen (secondary N) is 1. The fourth-order valence-corrected chi connectivity index (χ4v) is 2.99. The van der Waals surface area contributed by atoms with E-state index in [0.717, 1.165) is 30.0 Å². The van der Waals surface area contributed by atoms with Crippen molar-refractivity contribution >= 4 is 27.1 Å². The number of fused-ring (bicyclic) bond motifs is 1. The quantitative estimate of drug-likeness (QED) is 0.814. The molecule has 0 fully saturated rings. The lowest BCUT2D eigenvalue weighted by Gasteiger charge is -2.13. The maximum atomic E-state index is 4.49. The molecule has 0 spiro atoms. The van der Waals surface area contributed by atoms with Crippen LogP contribution in [0.4, 0.5) is 0 Å². The van der Waals surface area contributed by atoms with Gasteiger partial charge in [-0.05, 0) is 43.2 Å². The van der Waals surface area contributed by atoms with Crippen molar-refractivity contribution in [1.82, 2.24) is 10.3 Å². The van der Waals surface area contributed by atoms with E-state index < -0.39 is 0 Å². The Hall–Kier alpha value is -1.19. The molecule has 3 rings (SSSR count). The minimum atomic E-state index is 0.995. The molecule has 0 radical (unpaired) electrons. The summed E-state index contributed by atoms with van der Waals surface area (Å²) in [5, 5.41) is 4.48. The molecule has 1 aromatic carbocycles.